The molecule has 4 heteroatoms. The first-order chi connectivity index (χ1) is 7.87. The van der Waals surface area contributed by atoms with E-state index in [2.05, 4.69) is 6.07 Å². The summed E-state index contributed by atoms with van der Waals surface area (Å²) < 4.78 is 17.3. The summed E-state index contributed by atoms with van der Waals surface area (Å²) in [4.78, 5) is 0. The summed E-state index contributed by atoms with van der Waals surface area (Å²) in [5, 5.41) is 0. The summed E-state index contributed by atoms with van der Waals surface area (Å²) in [7, 11) is 1.25. The van der Waals surface area contributed by atoms with Crippen molar-refractivity contribution in [3.05, 3.63) is 24.3 Å². The zero-order valence-corrected chi connectivity index (χ0v) is 11.0. The van der Waals surface area contributed by atoms with Crippen LogP contribution in [0.3, 0.4) is 0 Å². The van der Waals surface area contributed by atoms with Crippen LogP contribution in [-0.2, 0) is 9.31 Å². The minimum Gasteiger partial charge on any atom is -0.497 e. The number of benzene rings is 1. The first-order valence-electron chi connectivity index (χ1n) is 5.77. The highest BCUT2D eigenvalue weighted by atomic mass is 16.7. The highest BCUT2D eigenvalue weighted by Crippen LogP contribution is 2.37. The lowest BCUT2D eigenvalue weighted by atomic mass is 9.78. The van der Waals surface area contributed by atoms with Crippen LogP contribution in [0, 0.1) is 6.07 Å². The second-order valence-corrected chi connectivity index (χ2v) is 5.26. The van der Waals surface area contributed by atoms with Gasteiger partial charge in [-0.3, -0.25) is 0 Å². The Hall–Kier alpha value is -0.995. The lowest BCUT2D eigenvalue weighted by Gasteiger charge is -2.32. The third-order valence-electron chi connectivity index (χ3n) is 3.59. The van der Waals surface area contributed by atoms with E-state index in [0.717, 1.165) is 11.2 Å². The van der Waals surface area contributed by atoms with Gasteiger partial charge < -0.3 is 14.0 Å². The molecule has 2 rings (SSSR count). The Morgan fingerprint density at radius 1 is 1.18 bits per heavy atom. The quantitative estimate of drug-likeness (QED) is 0.729. The number of hydrogen-bond donors (Lipinski definition) is 0. The van der Waals surface area contributed by atoms with Crippen LogP contribution in [0.25, 0.3) is 0 Å². The van der Waals surface area contributed by atoms with Crippen LogP contribution in [-0.4, -0.2) is 25.4 Å². The van der Waals surface area contributed by atoms with Crippen LogP contribution in [0.15, 0.2) is 18.2 Å². The summed E-state index contributed by atoms with van der Waals surface area (Å²) in [5.74, 6) is 0.742. The predicted molar refractivity (Wildman–Crippen MR) is 67.5 cm³/mol. The summed E-state index contributed by atoms with van der Waals surface area (Å²) in [6.07, 6.45) is 0. The molecule has 1 aliphatic rings. The molecule has 1 radical (unpaired) electrons. The van der Waals surface area contributed by atoms with E-state index in [4.69, 9.17) is 14.0 Å². The maximum absolute atomic E-state index is 5.98. The minimum atomic E-state index is -0.385. The van der Waals surface area contributed by atoms with Gasteiger partial charge >= 0.3 is 7.12 Å². The Morgan fingerprint density at radius 2 is 1.76 bits per heavy atom. The van der Waals surface area contributed by atoms with E-state index >= 15 is 0 Å². The van der Waals surface area contributed by atoms with Gasteiger partial charge in [-0.2, -0.15) is 0 Å². The Bertz CT molecular complexity index is 399. The molecule has 0 spiro atoms. The summed E-state index contributed by atoms with van der Waals surface area (Å²) in [6, 6.07) is 8.53. The summed E-state index contributed by atoms with van der Waals surface area (Å²) in [5.41, 5.74) is 0.245. The Morgan fingerprint density at radius 3 is 2.29 bits per heavy atom. The van der Waals surface area contributed by atoms with E-state index in [0.29, 0.717) is 0 Å². The standard InChI is InChI=1S/C13H18BO3/c1-12(2)13(3,4)17-14(16-12)10-8-6-7-9-11(10)15-5/h6,8-9H,1-5H3. The molecule has 0 aliphatic carbocycles. The van der Waals surface area contributed by atoms with Gasteiger partial charge in [-0.25, -0.2) is 0 Å². The van der Waals surface area contributed by atoms with E-state index in [1.54, 1.807) is 13.2 Å². The van der Waals surface area contributed by atoms with Gasteiger partial charge in [-0.1, -0.05) is 12.1 Å². The zero-order valence-electron chi connectivity index (χ0n) is 11.0. The maximum atomic E-state index is 5.98. The van der Waals surface area contributed by atoms with Crippen molar-refractivity contribution in [2.24, 2.45) is 0 Å². The van der Waals surface area contributed by atoms with Gasteiger partial charge in [0.15, 0.2) is 0 Å². The average Bonchev–Trinajstić information content (AvgIpc) is 2.48. The molecule has 0 saturated carbocycles. The molecule has 1 saturated heterocycles. The van der Waals surface area contributed by atoms with Gasteiger partial charge in [-0.05, 0) is 39.8 Å². The van der Waals surface area contributed by atoms with Crippen LogP contribution in [0.5, 0.6) is 5.75 Å². The van der Waals surface area contributed by atoms with E-state index < -0.39 is 0 Å². The molecule has 0 aromatic heterocycles. The number of ether oxygens (including phenoxy) is 1. The van der Waals surface area contributed by atoms with Crippen molar-refractivity contribution in [2.75, 3.05) is 7.11 Å². The largest absolute Gasteiger partial charge is 0.498 e. The molecule has 0 N–H and O–H groups in total. The van der Waals surface area contributed by atoms with Crippen molar-refractivity contribution < 1.29 is 14.0 Å². The SMILES string of the molecule is COc1c[c]ccc1B1OC(C)(C)C(C)(C)O1. The van der Waals surface area contributed by atoms with Crippen LogP contribution in [0.1, 0.15) is 27.7 Å². The molecule has 91 valence electrons. The predicted octanol–water partition coefficient (Wildman–Crippen LogP) is 1.79. The van der Waals surface area contributed by atoms with Gasteiger partial charge in [0.1, 0.15) is 5.75 Å². The number of rotatable bonds is 2. The van der Waals surface area contributed by atoms with Crippen LogP contribution in [0.4, 0.5) is 0 Å². The second kappa shape index (κ2) is 4.04. The molecule has 1 aliphatic heterocycles. The molecule has 17 heavy (non-hydrogen) atoms. The third-order valence-corrected chi connectivity index (χ3v) is 3.59. The third kappa shape index (κ3) is 2.07. The summed E-state index contributed by atoms with van der Waals surface area (Å²) >= 11 is 0. The molecule has 0 bridgehead atoms. The molecule has 0 amide bonds. The van der Waals surface area contributed by atoms with E-state index in [-0.39, 0.29) is 18.3 Å². The molecule has 1 heterocycles. The second-order valence-electron chi connectivity index (χ2n) is 5.26. The highest BCUT2D eigenvalue weighted by molar-refractivity contribution is 6.63. The highest BCUT2D eigenvalue weighted by Gasteiger charge is 2.52. The first kappa shape index (κ1) is 12.5. The molecule has 0 unspecified atom stereocenters. The molecule has 1 aromatic carbocycles. The fraction of sp³-hybridized carbons (Fsp3) is 0.538. The molecule has 3 nitrogen and oxygen atoms in total. The maximum Gasteiger partial charge on any atom is 0.498 e. The van der Waals surface area contributed by atoms with Gasteiger partial charge in [-0.15, -0.1) is 0 Å². The van der Waals surface area contributed by atoms with Gasteiger partial charge in [0, 0.05) is 5.46 Å². The molecule has 1 fully saturated rings. The van der Waals surface area contributed by atoms with Crippen molar-refractivity contribution in [3.63, 3.8) is 0 Å². The Balaban J connectivity index is 2.32. The van der Waals surface area contributed by atoms with Crippen LogP contribution >= 0.6 is 0 Å². The zero-order chi connectivity index (χ0) is 12.7. The smallest absolute Gasteiger partial charge is 0.497 e. The van der Waals surface area contributed by atoms with Crippen LogP contribution in [0.2, 0.25) is 0 Å². The topological polar surface area (TPSA) is 27.7 Å². The Labute approximate surface area is 103 Å². The van der Waals surface area contributed by atoms with Crippen molar-refractivity contribution in [1.82, 2.24) is 0 Å². The lowest BCUT2D eigenvalue weighted by Crippen LogP contribution is -2.41. The van der Waals surface area contributed by atoms with E-state index in [1.165, 1.54) is 0 Å². The van der Waals surface area contributed by atoms with Crippen molar-refractivity contribution in [1.29, 1.82) is 0 Å². The van der Waals surface area contributed by atoms with Gasteiger partial charge in [0.05, 0.1) is 18.3 Å². The van der Waals surface area contributed by atoms with Gasteiger partial charge in [0.25, 0.3) is 0 Å². The van der Waals surface area contributed by atoms with Crippen molar-refractivity contribution in [2.45, 2.75) is 38.9 Å². The molecular formula is C13H18BO3. The van der Waals surface area contributed by atoms with Crippen molar-refractivity contribution >= 4 is 12.6 Å². The number of methoxy groups -OCH3 is 1. The van der Waals surface area contributed by atoms with Crippen molar-refractivity contribution in [3.8, 4) is 5.75 Å². The normalized spacial score (nSPS) is 21.6. The summed E-state index contributed by atoms with van der Waals surface area (Å²) in [6.45, 7) is 8.15. The molecular weight excluding hydrogens is 215 g/mol. The lowest BCUT2D eigenvalue weighted by molar-refractivity contribution is 0.00578. The van der Waals surface area contributed by atoms with Crippen LogP contribution < -0.4 is 10.2 Å². The first-order valence-corrected chi connectivity index (χ1v) is 5.77. The van der Waals surface area contributed by atoms with E-state index in [9.17, 15) is 0 Å². The molecule has 0 atom stereocenters. The molecule has 1 aromatic rings. The Kier molecular flexibility index (Phi) is 2.96. The number of hydrogen-bond acceptors (Lipinski definition) is 3. The minimum absolute atomic E-state index is 0.331. The monoisotopic (exact) mass is 233 g/mol. The van der Waals surface area contributed by atoms with E-state index in [1.807, 2.05) is 39.8 Å². The van der Waals surface area contributed by atoms with Gasteiger partial charge in [0.2, 0.25) is 0 Å². The fourth-order valence-electron chi connectivity index (χ4n) is 1.77. The fourth-order valence-corrected chi connectivity index (χ4v) is 1.77. The average molecular weight is 233 g/mol.